The molecule has 1 amide bonds. The van der Waals surface area contributed by atoms with Gasteiger partial charge in [0.2, 0.25) is 0 Å². The molecule has 0 spiro atoms. The maximum Gasteiger partial charge on any atom is 0.310 e. The number of carbonyl (C=O) groups excluding carboxylic acids is 1. The Labute approximate surface area is 207 Å². The van der Waals surface area contributed by atoms with Gasteiger partial charge in [-0.3, -0.25) is 15.0 Å². The second-order valence-electron chi connectivity index (χ2n) is 8.68. The predicted molar refractivity (Wildman–Crippen MR) is 137 cm³/mol. The molecule has 1 aliphatic heterocycles. The highest BCUT2D eigenvalue weighted by Gasteiger charge is 2.31. The zero-order chi connectivity index (χ0) is 26.1. The molecule has 184 valence electrons. The Morgan fingerprint density at radius 2 is 1.83 bits per heavy atom. The number of aliphatic carboxylic acids is 1. The van der Waals surface area contributed by atoms with Gasteiger partial charge in [0.05, 0.1) is 23.0 Å². The molecule has 0 saturated carbocycles. The van der Waals surface area contributed by atoms with Crippen LogP contribution in [0, 0.1) is 19.7 Å². The molecule has 3 N–H and O–H groups in total. The first-order valence-corrected chi connectivity index (χ1v) is 11.2. The van der Waals surface area contributed by atoms with Crippen LogP contribution in [0.15, 0.2) is 64.8 Å². The molecule has 0 fully saturated rings. The van der Waals surface area contributed by atoms with Crippen LogP contribution in [0.25, 0.3) is 11.1 Å². The Bertz CT molecular complexity index is 1450. The number of aromatic hydroxyl groups is 1. The number of carbonyl (C=O) groups is 2. The van der Waals surface area contributed by atoms with Crippen molar-refractivity contribution in [2.75, 3.05) is 10.4 Å². The van der Waals surface area contributed by atoms with E-state index in [2.05, 4.69) is 15.6 Å². The summed E-state index contributed by atoms with van der Waals surface area (Å²) in [5.41, 5.74) is 6.96. The van der Waals surface area contributed by atoms with Gasteiger partial charge in [-0.2, -0.15) is 15.2 Å². The van der Waals surface area contributed by atoms with Crippen LogP contribution in [0.1, 0.15) is 36.5 Å². The normalized spacial score (nSPS) is 15.2. The van der Waals surface area contributed by atoms with Crippen molar-refractivity contribution in [1.82, 2.24) is 0 Å². The summed E-state index contributed by atoms with van der Waals surface area (Å²) < 4.78 is 14.5. The molecule has 3 aromatic carbocycles. The quantitative estimate of drug-likeness (QED) is 0.413. The van der Waals surface area contributed by atoms with Crippen LogP contribution in [-0.2, 0) is 9.59 Å². The number of hydrogen-bond donors (Lipinski definition) is 3. The molecule has 1 unspecified atom stereocenters. The molecule has 1 heterocycles. The minimum absolute atomic E-state index is 0.0826. The third-order valence-corrected chi connectivity index (χ3v) is 6.13. The Morgan fingerprint density at radius 3 is 2.53 bits per heavy atom. The van der Waals surface area contributed by atoms with E-state index in [-0.39, 0.29) is 28.3 Å². The molecule has 0 saturated heterocycles. The number of nitrogens with one attached hydrogen (secondary N) is 1. The number of anilines is 2. The summed E-state index contributed by atoms with van der Waals surface area (Å²) >= 11 is 0. The number of phenolic OH excluding ortho intramolecular Hbond substituents is 1. The van der Waals surface area contributed by atoms with E-state index in [1.54, 1.807) is 31.2 Å². The van der Waals surface area contributed by atoms with Crippen LogP contribution < -0.4 is 10.4 Å². The number of rotatable bonds is 6. The summed E-state index contributed by atoms with van der Waals surface area (Å²) in [7, 11) is 0. The summed E-state index contributed by atoms with van der Waals surface area (Å²) in [6.45, 7) is 7.04. The number of benzene rings is 3. The number of nitrogens with zero attached hydrogens (tertiary/aromatic N) is 3. The number of amides is 1. The van der Waals surface area contributed by atoms with Crippen molar-refractivity contribution in [3.05, 3.63) is 77.1 Å². The number of phenols is 1. The van der Waals surface area contributed by atoms with Gasteiger partial charge in [-0.05, 0) is 74.7 Å². The van der Waals surface area contributed by atoms with Crippen molar-refractivity contribution in [1.29, 1.82) is 0 Å². The summed E-state index contributed by atoms with van der Waals surface area (Å²) in [6.07, 6.45) is 0. The summed E-state index contributed by atoms with van der Waals surface area (Å²) in [5.74, 6) is -3.31. The van der Waals surface area contributed by atoms with E-state index in [0.717, 1.165) is 11.1 Å². The Balaban J connectivity index is 1.62. The first kappa shape index (κ1) is 24.6. The molecule has 0 radical (unpaired) electrons. The van der Waals surface area contributed by atoms with Crippen molar-refractivity contribution in [2.45, 2.75) is 33.6 Å². The van der Waals surface area contributed by atoms with Gasteiger partial charge in [-0.1, -0.05) is 24.3 Å². The molecule has 0 aliphatic carbocycles. The zero-order valence-electron chi connectivity index (χ0n) is 20.2. The SMILES string of the molecule is CC1=NN(c2ccc(C)c(C)c2)C(=O)C1=NNc1cc(F)cc(-c2cccc(C(C)C(=O)O)c2O)c1. The van der Waals surface area contributed by atoms with Crippen molar-refractivity contribution in [2.24, 2.45) is 10.2 Å². The van der Waals surface area contributed by atoms with Crippen LogP contribution >= 0.6 is 0 Å². The van der Waals surface area contributed by atoms with Gasteiger partial charge in [0.15, 0.2) is 5.71 Å². The second kappa shape index (κ2) is 9.61. The van der Waals surface area contributed by atoms with Gasteiger partial charge in [-0.25, -0.2) is 4.39 Å². The maximum absolute atomic E-state index is 14.5. The largest absolute Gasteiger partial charge is 0.507 e. The number of carboxylic acid groups (broad SMARTS) is 1. The van der Waals surface area contributed by atoms with Gasteiger partial charge < -0.3 is 10.2 Å². The number of para-hydroxylation sites is 1. The van der Waals surface area contributed by atoms with Crippen molar-refractivity contribution in [3.63, 3.8) is 0 Å². The third kappa shape index (κ3) is 4.68. The van der Waals surface area contributed by atoms with Crippen LogP contribution in [0.2, 0.25) is 0 Å². The maximum atomic E-state index is 14.5. The lowest BCUT2D eigenvalue weighted by atomic mass is 9.94. The van der Waals surface area contributed by atoms with E-state index in [1.165, 1.54) is 30.1 Å². The molecule has 0 bridgehead atoms. The van der Waals surface area contributed by atoms with Crippen LogP contribution in [0.4, 0.5) is 15.8 Å². The lowest BCUT2D eigenvalue weighted by molar-refractivity contribution is -0.138. The first-order chi connectivity index (χ1) is 17.1. The third-order valence-electron chi connectivity index (χ3n) is 6.13. The van der Waals surface area contributed by atoms with Gasteiger partial charge >= 0.3 is 11.9 Å². The van der Waals surface area contributed by atoms with Crippen LogP contribution in [0.3, 0.4) is 0 Å². The molecular formula is C27H25FN4O4. The summed E-state index contributed by atoms with van der Waals surface area (Å²) in [5, 5.41) is 29.8. The van der Waals surface area contributed by atoms with E-state index in [1.807, 2.05) is 26.0 Å². The van der Waals surface area contributed by atoms with Crippen molar-refractivity contribution in [3.8, 4) is 16.9 Å². The molecule has 4 rings (SSSR count). The minimum Gasteiger partial charge on any atom is -0.507 e. The standard InChI is InChI=1S/C27H25FN4O4/c1-14-8-9-21(10-15(14)2)32-26(34)24(17(4)31-32)30-29-20-12-18(11-19(28)13-20)23-7-5-6-22(25(23)33)16(3)27(35)36/h5-13,16,29,33H,1-4H3,(H,35,36). The zero-order valence-corrected chi connectivity index (χ0v) is 20.2. The molecule has 9 heteroatoms. The minimum atomic E-state index is -1.09. The lowest BCUT2D eigenvalue weighted by Gasteiger charge is -2.14. The van der Waals surface area contributed by atoms with Crippen LogP contribution in [-0.4, -0.2) is 33.5 Å². The van der Waals surface area contributed by atoms with Crippen molar-refractivity contribution < 1.29 is 24.2 Å². The fourth-order valence-electron chi connectivity index (χ4n) is 3.87. The highest BCUT2D eigenvalue weighted by molar-refractivity contribution is 6.71. The molecular weight excluding hydrogens is 463 g/mol. The number of aryl methyl sites for hydroxylation is 2. The van der Waals surface area contributed by atoms with Gasteiger partial charge in [0.25, 0.3) is 0 Å². The highest BCUT2D eigenvalue weighted by atomic mass is 19.1. The topological polar surface area (TPSA) is 115 Å². The monoisotopic (exact) mass is 488 g/mol. The highest BCUT2D eigenvalue weighted by Crippen LogP contribution is 2.37. The molecule has 0 aromatic heterocycles. The number of carboxylic acids is 1. The average Bonchev–Trinajstić information content (AvgIpc) is 3.11. The summed E-state index contributed by atoms with van der Waals surface area (Å²) in [6, 6.07) is 14.2. The van der Waals surface area contributed by atoms with Crippen LogP contribution in [0.5, 0.6) is 5.75 Å². The number of hydrogen-bond acceptors (Lipinski definition) is 6. The van der Waals surface area contributed by atoms with Gasteiger partial charge in [0, 0.05) is 11.1 Å². The fourth-order valence-corrected chi connectivity index (χ4v) is 3.87. The predicted octanol–water partition coefficient (Wildman–Crippen LogP) is 5.19. The molecule has 1 aliphatic rings. The second-order valence-corrected chi connectivity index (χ2v) is 8.68. The Kier molecular flexibility index (Phi) is 6.57. The first-order valence-electron chi connectivity index (χ1n) is 11.2. The molecule has 3 aromatic rings. The molecule has 1 atom stereocenters. The Hall–Kier alpha value is -4.53. The molecule has 36 heavy (non-hydrogen) atoms. The van der Waals surface area contributed by atoms with E-state index in [4.69, 9.17) is 0 Å². The fraction of sp³-hybridized carbons (Fsp3) is 0.185. The van der Waals surface area contributed by atoms with E-state index >= 15 is 0 Å². The van der Waals surface area contributed by atoms with Crippen molar-refractivity contribution >= 4 is 34.7 Å². The van der Waals surface area contributed by atoms with E-state index in [0.29, 0.717) is 17.0 Å². The van der Waals surface area contributed by atoms with E-state index in [9.17, 15) is 24.2 Å². The smallest absolute Gasteiger partial charge is 0.310 e. The van der Waals surface area contributed by atoms with E-state index < -0.39 is 23.6 Å². The molecule has 8 nitrogen and oxygen atoms in total. The number of hydrazone groups is 2. The lowest BCUT2D eigenvalue weighted by Crippen LogP contribution is -2.28. The number of halogens is 1. The van der Waals surface area contributed by atoms with Gasteiger partial charge in [-0.15, -0.1) is 0 Å². The average molecular weight is 489 g/mol. The Morgan fingerprint density at radius 1 is 1.08 bits per heavy atom. The summed E-state index contributed by atoms with van der Waals surface area (Å²) in [4.78, 5) is 24.4. The van der Waals surface area contributed by atoms with Gasteiger partial charge in [0.1, 0.15) is 11.6 Å².